The third-order valence-electron chi connectivity index (χ3n) is 5.44. The van der Waals surface area contributed by atoms with Crippen molar-refractivity contribution in [3.05, 3.63) is 71.8 Å². The molecule has 0 aliphatic carbocycles. The van der Waals surface area contributed by atoms with E-state index in [9.17, 15) is 9.59 Å². The fourth-order valence-corrected chi connectivity index (χ4v) is 3.74. The van der Waals surface area contributed by atoms with Crippen molar-refractivity contribution in [3.8, 4) is 0 Å². The number of likely N-dealkylation sites (tertiary alicyclic amines) is 1. The average Bonchev–Trinajstić information content (AvgIpc) is 2.70. The van der Waals surface area contributed by atoms with E-state index in [0.29, 0.717) is 12.8 Å². The first-order valence-corrected chi connectivity index (χ1v) is 9.37. The monoisotopic (exact) mass is 366 g/mol. The Morgan fingerprint density at radius 2 is 1.59 bits per heavy atom. The summed E-state index contributed by atoms with van der Waals surface area (Å²) >= 11 is 0. The Morgan fingerprint density at radius 1 is 1.04 bits per heavy atom. The molecule has 0 unspecified atom stereocenters. The van der Waals surface area contributed by atoms with Crippen molar-refractivity contribution in [3.63, 3.8) is 0 Å². The molecule has 1 heterocycles. The number of hydrogen-bond donors (Lipinski definition) is 2. The molecule has 0 spiro atoms. The van der Waals surface area contributed by atoms with Gasteiger partial charge in [-0.3, -0.25) is 14.5 Å². The Morgan fingerprint density at radius 3 is 2.15 bits per heavy atom. The highest BCUT2D eigenvalue weighted by molar-refractivity contribution is 5.91. The van der Waals surface area contributed by atoms with Gasteiger partial charge >= 0.3 is 5.97 Å². The largest absolute Gasteiger partial charge is 0.480 e. The molecule has 142 valence electrons. The lowest BCUT2D eigenvalue weighted by Crippen LogP contribution is -2.54. The van der Waals surface area contributed by atoms with E-state index in [1.807, 2.05) is 48.5 Å². The molecule has 1 amide bonds. The molecule has 2 N–H and O–H groups in total. The minimum absolute atomic E-state index is 0.192. The normalized spacial score (nSPS) is 17.8. The molecular formula is C22H26N2O3. The number of nitrogens with one attached hydrogen (secondary N) is 1. The zero-order valence-electron chi connectivity index (χ0n) is 15.6. The van der Waals surface area contributed by atoms with E-state index in [1.165, 1.54) is 12.5 Å². The van der Waals surface area contributed by atoms with E-state index < -0.39 is 17.4 Å². The number of carbonyl (C=O) groups excluding carboxylic acids is 1. The molecule has 1 aliphatic heterocycles. The molecule has 1 aliphatic rings. The van der Waals surface area contributed by atoms with Gasteiger partial charge < -0.3 is 10.4 Å². The van der Waals surface area contributed by atoms with Crippen LogP contribution in [0.15, 0.2) is 60.7 Å². The fraction of sp³-hybridized carbons (Fsp3) is 0.364. The number of carboxylic acid groups (broad SMARTS) is 1. The number of nitrogens with zero attached hydrogens (tertiary/aromatic N) is 1. The quantitative estimate of drug-likeness (QED) is 0.825. The van der Waals surface area contributed by atoms with Crippen LogP contribution < -0.4 is 5.32 Å². The maximum Gasteiger partial charge on any atom is 0.325 e. The minimum Gasteiger partial charge on any atom is -0.480 e. The van der Waals surface area contributed by atoms with Crippen molar-refractivity contribution in [1.82, 2.24) is 10.2 Å². The van der Waals surface area contributed by atoms with Crippen molar-refractivity contribution < 1.29 is 14.7 Å². The van der Waals surface area contributed by atoms with Crippen molar-refractivity contribution >= 4 is 11.9 Å². The summed E-state index contributed by atoms with van der Waals surface area (Å²) in [5.41, 5.74) is 1.53. The number of rotatable bonds is 6. The van der Waals surface area contributed by atoms with Crippen LogP contribution >= 0.6 is 0 Å². The molecule has 0 saturated carbocycles. The summed E-state index contributed by atoms with van der Waals surface area (Å²) in [7, 11) is 0. The van der Waals surface area contributed by atoms with Gasteiger partial charge in [0, 0.05) is 6.54 Å². The van der Waals surface area contributed by atoms with Gasteiger partial charge in [-0.05, 0) is 44.0 Å². The van der Waals surface area contributed by atoms with Crippen molar-refractivity contribution in [2.24, 2.45) is 0 Å². The first-order chi connectivity index (χ1) is 13.0. The Labute approximate surface area is 160 Å². The summed E-state index contributed by atoms with van der Waals surface area (Å²) in [6, 6.07) is 19.1. The highest BCUT2D eigenvalue weighted by atomic mass is 16.4. The molecule has 2 aromatic rings. The van der Waals surface area contributed by atoms with E-state index >= 15 is 0 Å². The van der Waals surface area contributed by atoms with Gasteiger partial charge in [0.15, 0.2) is 0 Å². The van der Waals surface area contributed by atoms with Gasteiger partial charge in [0.1, 0.15) is 6.04 Å². The predicted octanol–water partition coefficient (Wildman–Crippen LogP) is 2.81. The molecule has 3 rings (SSSR count). The molecule has 27 heavy (non-hydrogen) atoms. The van der Waals surface area contributed by atoms with Gasteiger partial charge in [-0.1, -0.05) is 60.7 Å². The van der Waals surface area contributed by atoms with E-state index in [-0.39, 0.29) is 5.91 Å². The van der Waals surface area contributed by atoms with Gasteiger partial charge in [0.05, 0.1) is 5.41 Å². The SMILES string of the molecule is C[C@@H](NC(=O)C1(c2ccccc2)CCN(Cc2ccccc2)CC1)C(=O)O. The van der Waals surface area contributed by atoms with E-state index in [1.54, 1.807) is 0 Å². The molecule has 0 bridgehead atoms. The first kappa shape index (κ1) is 19.1. The van der Waals surface area contributed by atoms with Crippen molar-refractivity contribution in [2.75, 3.05) is 13.1 Å². The van der Waals surface area contributed by atoms with Crippen molar-refractivity contribution in [2.45, 2.75) is 37.8 Å². The molecular weight excluding hydrogens is 340 g/mol. The number of aliphatic carboxylic acids is 1. The van der Waals surface area contributed by atoms with Crippen LogP contribution in [0.5, 0.6) is 0 Å². The summed E-state index contributed by atoms with van der Waals surface area (Å²) < 4.78 is 0. The molecule has 0 radical (unpaired) electrons. The maximum atomic E-state index is 13.1. The van der Waals surface area contributed by atoms with E-state index in [4.69, 9.17) is 5.11 Å². The van der Waals surface area contributed by atoms with Crippen LogP contribution in [-0.2, 0) is 21.5 Å². The Kier molecular flexibility index (Phi) is 5.91. The minimum atomic E-state index is -1.02. The molecule has 0 aromatic heterocycles. The Bertz CT molecular complexity index is 769. The molecule has 5 nitrogen and oxygen atoms in total. The standard InChI is InChI=1S/C22H26N2O3/c1-17(20(25)26)23-21(27)22(19-10-6-3-7-11-19)12-14-24(15-13-22)16-18-8-4-2-5-9-18/h2-11,17H,12-16H2,1H3,(H,23,27)(H,25,26)/t17-/m1/s1. The van der Waals surface area contributed by atoms with E-state index in [0.717, 1.165) is 25.2 Å². The number of benzene rings is 2. The second-order valence-corrected chi connectivity index (χ2v) is 7.24. The first-order valence-electron chi connectivity index (χ1n) is 9.37. The van der Waals surface area contributed by atoms with Gasteiger partial charge in [0.2, 0.25) is 5.91 Å². The van der Waals surface area contributed by atoms with E-state index in [2.05, 4.69) is 22.3 Å². The van der Waals surface area contributed by atoms with Crippen LogP contribution in [0.3, 0.4) is 0 Å². The highest BCUT2D eigenvalue weighted by Crippen LogP contribution is 2.36. The Hall–Kier alpha value is -2.66. The Balaban J connectivity index is 1.77. The molecule has 2 aromatic carbocycles. The summed E-state index contributed by atoms with van der Waals surface area (Å²) in [6.45, 7) is 3.94. The van der Waals surface area contributed by atoms with Crippen LogP contribution in [0.4, 0.5) is 0 Å². The number of amides is 1. The number of carbonyl (C=O) groups is 2. The summed E-state index contributed by atoms with van der Waals surface area (Å²) in [5.74, 6) is -1.21. The second-order valence-electron chi connectivity index (χ2n) is 7.24. The zero-order chi connectivity index (χ0) is 19.3. The maximum absolute atomic E-state index is 13.1. The molecule has 1 saturated heterocycles. The van der Waals surface area contributed by atoms with Crippen LogP contribution in [0.2, 0.25) is 0 Å². The summed E-state index contributed by atoms with van der Waals surface area (Å²) in [6.07, 6.45) is 1.34. The molecule has 1 atom stereocenters. The third-order valence-corrected chi connectivity index (χ3v) is 5.44. The summed E-state index contributed by atoms with van der Waals surface area (Å²) in [5, 5.41) is 11.9. The zero-order valence-corrected chi connectivity index (χ0v) is 15.6. The fourth-order valence-electron chi connectivity index (χ4n) is 3.74. The number of piperidine rings is 1. The van der Waals surface area contributed by atoms with Crippen LogP contribution in [0.1, 0.15) is 30.9 Å². The average molecular weight is 366 g/mol. The number of carboxylic acids is 1. The number of hydrogen-bond acceptors (Lipinski definition) is 3. The topological polar surface area (TPSA) is 69.6 Å². The smallest absolute Gasteiger partial charge is 0.325 e. The van der Waals surface area contributed by atoms with Gasteiger partial charge in [-0.15, -0.1) is 0 Å². The lowest BCUT2D eigenvalue weighted by atomic mass is 9.71. The van der Waals surface area contributed by atoms with Crippen LogP contribution in [0.25, 0.3) is 0 Å². The molecule has 1 fully saturated rings. The highest BCUT2D eigenvalue weighted by Gasteiger charge is 2.43. The van der Waals surface area contributed by atoms with Gasteiger partial charge in [-0.25, -0.2) is 0 Å². The third kappa shape index (κ3) is 4.37. The predicted molar refractivity (Wildman–Crippen MR) is 104 cm³/mol. The van der Waals surface area contributed by atoms with Crippen LogP contribution in [0, 0.1) is 0 Å². The van der Waals surface area contributed by atoms with Crippen LogP contribution in [-0.4, -0.2) is 41.0 Å². The van der Waals surface area contributed by atoms with Gasteiger partial charge in [0.25, 0.3) is 0 Å². The van der Waals surface area contributed by atoms with Crippen molar-refractivity contribution in [1.29, 1.82) is 0 Å². The summed E-state index contributed by atoms with van der Waals surface area (Å²) in [4.78, 5) is 26.6. The molecule has 5 heteroatoms. The van der Waals surface area contributed by atoms with Gasteiger partial charge in [-0.2, -0.15) is 0 Å². The lowest BCUT2D eigenvalue weighted by Gasteiger charge is -2.41. The second kappa shape index (κ2) is 8.35. The lowest BCUT2D eigenvalue weighted by molar-refractivity contribution is -0.142.